The third kappa shape index (κ3) is 3.01. The molecule has 0 radical (unpaired) electrons. The predicted octanol–water partition coefficient (Wildman–Crippen LogP) is 2.12. The van der Waals surface area contributed by atoms with Crippen molar-refractivity contribution in [2.24, 2.45) is 0 Å². The summed E-state index contributed by atoms with van der Waals surface area (Å²) >= 11 is 1.83. The molecule has 0 aromatic heterocycles. The van der Waals surface area contributed by atoms with Crippen LogP contribution in [-0.2, 0) is 4.79 Å². The molecule has 1 aromatic rings. The molecule has 0 saturated carbocycles. The Labute approximate surface area is 107 Å². The number of hydrogen-bond acceptors (Lipinski definition) is 3. The van der Waals surface area contributed by atoms with Crippen molar-refractivity contribution >= 4 is 23.4 Å². The first-order chi connectivity index (χ1) is 8.33. The molecule has 0 saturated heterocycles. The van der Waals surface area contributed by atoms with Crippen molar-refractivity contribution in [2.45, 2.75) is 17.7 Å². The van der Waals surface area contributed by atoms with Gasteiger partial charge in [-0.2, -0.15) is 0 Å². The van der Waals surface area contributed by atoms with Crippen LogP contribution in [0.3, 0.4) is 0 Å². The van der Waals surface area contributed by atoms with E-state index in [4.69, 9.17) is 0 Å². The highest BCUT2D eigenvalue weighted by Gasteiger charge is 2.21. The van der Waals surface area contributed by atoms with Crippen LogP contribution in [0.1, 0.15) is 12.8 Å². The first-order valence-corrected chi connectivity index (χ1v) is 6.98. The molecule has 0 fully saturated rings. The number of fused-ring (bicyclic) bond motifs is 1. The maximum absolute atomic E-state index is 12.1. The van der Waals surface area contributed by atoms with Gasteiger partial charge in [0.1, 0.15) is 0 Å². The topological polar surface area (TPSA) is 32.3 Å². The SMILES string of the molecule is CNCCCC(=O)N1CCSc2ccccc21. The van der Waals surface area contributed by atoms with Crippen LogP contribution in [0.2, 0.25) is 0 Å². The number of nitrogens with zero attached hydrogens (tertiary/aromatic N) is 1. The van der Waals surface area contributed by atoms with Gasteiger partial charge in [-0.15, -0.1) is 11.8 Å². The number of carbonyl (C=O) groups excluding carboxylic acids is 1. The Morgan fingerprint density at radius 3 is 3.12 bits per heavy atom. The monoisotopic (exact) mass is 250 g/mol. The lowest BCUT2D eigenvalue weighted by atomic mass is 10.2. The molecule has 0 atom stereocenters. The summed E-state index contributed by atoms with van der Waals surface area (Å²) in [5.41, 5.74) is 1.08. The fraction of sp³-hybridized carbons (Fsp3) is 0.462. The average molecular weight is 250 g/mol. The van der Waals surface area contributed by atoms with Crippen molar-refractivity contribution in [3.63, 3.8) is 0 Å². The molecule has 4 heteroatoms. The van der Waals surface area contributed by atoms with Crippen molar-refractivity contribution in [2.75, 3.05) is 30.8 Å². The van der Waals surface area contributed by atoms with Gasteiger partial charge in [0.15, 0.2) is 0 Å². The summed E-state index contributed by atoms with van der Waals surface area (Å²) in [6.07, 6.45) is 1.53. The van der Waals surface area contributed by atoms with Crippen LogP contribution < -0.4 is 10.2 Å². The number of hydrogen-bond donors (Lipinski definition) is 1. The first-order valence-electron chi connectivity index (χ1n) is 5.99. The van der Waals surface area contributed by atoms with Crippen LogP contribution in [0.25, 0.3) is 0 Å². The quantitative estimate of drug-likeness (QED) is 0.831. The Morgan fingerprint density at radius 2 is 2.29 bits per heavy atom. The molecule has 1 heterocycles. The fourth-order valence-corrected chi connectivity index (χ4v) is 2.97. The lowest BCUT2D eigenvalue weighted by molar-refractivity contribution is -0.118. The molecule has 2 rings (SSSR count). The number of benzene rings is 1. The van der Waals surface area contributed by atoms with Gasteiger partial charge in [-0.1, -0.05) is 12.1 Å². The molecule has 1 N–H and O–H groups in total. The van der Waals surface area contributed by atoms with E-state index in [1.807, 2.05) is 41.9 Å². The Balaban J connectivity index is 2.05. The second kappa shape index (κ2) is 6.07. The minimum atomic E-state index is 0.244. The highest BCUT2D eigenvalue weighted by Crippen LogP contribution is 2.34. The van der Waals surface area contributed by atoms with Crippen molar-refractivity contribution in [1.82, 2.24) is 5.32 Å². The van der Waals surface area contributed by atoms with E-state index < -0.39 is 0 Å². The van der Waals surface area contributed by atoms with Crippen molar-refractivity contribution in [3.8, 4) is 0 Å². The second-order valence-electron chi connectivity index (χ2n) is 4.07. The molecule has 92 valence electrons. The molecule has 0 bridgehead atoms. The van der Waals surface area contributed by atoms with Crippen LogP contribution in [0.15, 0.2) is 29.2 Å². The molecule has 0 spiro atoms. The lowest BCUT2D eigenvalue weighted by Gasteiger charge is -2.29. The standard InChI is InChI=1S/C13H18N2OS/c1-14-8-4-7-13(16)15-9-10-17-12-6-3-2-5-11(12)15/h2-3,5-6,14H,4,7-10H2,1H3. The third-order valence-electron chi connectivity index (χ3n) is 2.85. The van der Waals surface area contributed by atoms with Crippen molar-refractivity contribution in [3.05, 3.63) is 24.3 Å². The number of nitrogens with one attached hydrogen (secondary N) is 1. The van der Waals surface area contributed by atoms with Crippen molar-refractivity contribution in [1.29, 1.82) is 0 Å². The van der Waals surface area contributed by atoms with Gasteiger partial charge in [-0.3, -0.25) is 4.79 Å². The van der Waals surface area contributed by atoms with E-state index in [1.165, 1.54) is 4.90 Å². The molecule has 1 amide bonds. The summed E-state index contributed by atoms with van der Waals surface area (Å²) in [5.74, 6) is 1.24. The number of amides is 1. The summed E-state index contributed by atoms with van der Waals surface area (Å²) in [6, 6.07) is 8.16. The van der Waals surface area contributed by atoms with Gasteiger partial charge in [0.05, 0.1) is 5.69 Å². The predicted molar refractivity (Wildman–Crippen MR) is 72.7 cm³/mol. The van der Waals surface area contributed by atoms with E-state index in [0.717, 1.165) is 31.0 Å². The fourth-order valence-electron chi connectivity index (χ4n) is 1.98. The van der Waals surface area contributed by atoms with Crippen LogP contribution in [0.4, 0.5) is 5.69 Å². The van der Waals surface area contributed by atoms with E-state index in [-0.39, 0.29) is 5.91 Å². The number of thioether (sulfide) groups is 1. The van der Waals surface area contributed by atoms with Gasteiger partial charge in [0.25, 0.3) is 0 Å². The summed E-state index contributed by atoms with van der Waals surface area (Å²) in [4.78, 5) is 15.3. The molecule has 0 unspecified atom stereocenters. The normalized spacial score (nSPS) is 14.5. The van der Waals surface area contributed by atoms with E-state index >= 15 is 0 Å². The lowest BCUT2D eigenvalue weighted by Crippen LogP contribution is -2.35. The number of para-hydroxylation sites is 1. The van der Waals surface area contributed by atoms with E-state index in [0.29, 0.717) is 6.42 Å². The average Bonchev–Trinajstić information content (AvgIpc) is 2.38. The summed E-state index contributed by atoms with van der Waals surface area (Å²) in [5, 5.41) is 3.07. The minimum absolute atomic E-state index is 0.244. The van der Waals surface area contributed by atoms with Crippen molar-refractivity contribution < 1.29 is 4.79 Å². The van der Waals surface area contributed by atoms with Gasteiger partial charge in [-0.25, -0.2) is 0 Å². The molecule has 3 nitrogen and oxygen atoms in total. The zero-order valence-electron chi connectivity index (χ0n) is 10.1. The molecule has 1 aliphatic heterocycles. The van der Waals surface area contributed by atoms with Crippen LogP contribution in [-0.4, -0.2) is 31.8 Å². The summed E-state index contributed by atoms with van der Waals surface area (Å²) < 4.78 is 0. The van der Waals surface area contributed by atoms with Gasteiger partial charge in [-0.05, 0) is 32.1 Å². The smallest absolute Gasteiger partial charge is 0.227 e. The van der Waals surface area contributed by atoms with Gasteiger partial charge < -0.3 is 10.2 Å². The molecular weight excluding hydrogens is 232 g/mol. The second-order valence-corrected chi connectivity index (χ2v) is 5.21. The van der Waals surface area contributed by atoms with Crippen LogP contribution in [0, 0.1) is 0 Å². The minimum Gasteiger partial charge on any atom is -0.320 e. The number of anilines is 1. The molecule has 1 aromatic carbocycles. The zero-order chi connectivity index (χ0) is 12.1. The Bertz CT molecular complexity index is 395. The Hall–Kier alpha value is -1.00. The highest BCUT2D eigenvalue weighted by atomic mass is 32.2. The number of carbonyl (C=O) groups is 1. The maximum Gasteiger partial charge on any atom is 0.227 e. The number of rotatable bonds is 4. The molecule has 1 aliphatic rings. The van der Waals surface area contributed by atoms with Gasteiger partial charge >= 0.3 is 0 Å². The maximum atomic E-state index is 12.1. The molecule has 0 aliphatic carbocycles. The summed E-state index contributed by atoms with van der Waals surface area (Å²) in [7, 11) is 1.91. The summed E-state index contributed by atoms with van der Waals surface area (Å²) in [6.45, 7) is 1.73. The molecule has 17 heavy (non-hydrogen) atoms. The van der Waals surface area contributed by atoms with Gasteiger partial charge in [0, 0.05) is 23.6 Å². The Morgan fingerprint density at radius 1 is 1.47 bits per heavy atom. The first kappa shape index (κ1) is 12.5. The van der Waals surface area contributed by atoms with Crippen LogP contribution >= 0.6 is 11.8 Å². The third-order valence-corrected chi connectivity index (χ3v) is 3.89. The highest BCUT2D eigenvalue weighted by molar-refractivity contribution is 7.99. The Kier molecular flexibility index (Phi) is 4.45. The van der Waals surface area contributed by atoms with E-state index in [9.17, 15) is 4.79 Å². The molecular formula is C13H18N2OS. The van der Waals surface area contributed by atoms with Crippen LogP contribution in [0.5, 0.6) is 0 Å². The largest absolute Gasteiger partial charge is 0.320 e. The van der Waals surface area contributed by atoms with E-state index in [1.54, 1.807) is 0 Å². The zero-order valence-corrected chi connectivity index (χ0v) is 10.9. The van der Waals surface area contributed by atoms with E-state index in [2.05, 4.69) is 11.4 Å². The van der Waals surface area contributed by atoms with Gasteiger partial charge in [0.2, 0.25) is 5.91 Å².